The van der Waals surface area contributed by atoms with Gasteiger partial charge in [-0.1, -0.05) is 42.5 Å². The highest BCUT2D eigenvalue weighted by Gasteiger charge is 2.21. The van der Waals surface area contributed by atoms with Gasteiger partial charge >= 0.3 is 0 Å². The lowest BCUT2D eigenvalue weighted by molar-refractivity contribution is -0.0451. The zero-order valence-corrected chi connectivity index (χ0v) is 11.5. The van der Waals surface area contributed by atoms with Gasteiger partial charge in [0.2, 0.25) is 0 Å². The first-order chi connectivity index (χ1) is 9.84. The fourth-order valence-electron chi connectivity index (χ4n) is 2.31. The lowest BCUT2D eigenvalue weighted by Gasteiger charge is -2.15. The third kappa shape index (κ3) is 2.84. The van der Waals surface area contributed by atoms with E-state index in [-0.39, 0.29) is 6.29 Å². The minimum Gasteiger partial charge on any atom is -0.489 e. The van der Waals surface area contributed by atoms with Gasteiger partial charge in [0.25, 0.3) is 0 Å². The van der Waals surface area contributed by atoms with E-state index in [1.165, 1.54) is 0 Å². The lowest BCUT2D eigenvalue weighted by atomic mass is 10.1. The maximum absolute atomic E-state index is 5.91. The molecular weight excluding hydrogens is 252 g/mol. The SMILES string of the molecule is Cc1ccccc1OCc1ccccc1C1OCCO1. The quantitative estimate of drug-likeness (QED) is 0.849. The molecule has 1 fully saturated rings. The van der Waals surface area contributed by atoms with Gasteiger partial charge in [-0.25, -0.2) is 0 Å². The highest BCUT2D eigenvalue weighted by molar-refractivity contribution is 5.33. The third-order valence-electron chi connectivity index (χ3n) is 3.41. The van der Waals surface area contributed by atoms with Gasteiger partial charge in [0.1, 0.15) is 12.4 Å². The maximum Gasteiger partial charge on any atom is 0.184 e. The molecule has 0 bridgehead atoms. The number of rotatable bonds is 4. The van der Waals surface area contributed by atoms with E-state index in [2.05, 4.69) is 6.07 Å². The summed E-state index contributed by atoms with van der Waals surface area (Å²) in [4.78, 5) is 0. The molecule has 2 aromatic rings. The summed E-state index contributed by atoms with van der Waals surface area (Å²) in [6, 6.07) is 16.1. The van der Waals surface area contributed by atoms with Crippen molar-refractivity contribution in [3.8, 4) is 5.75 Å². The molecule has 2 aromatic carbocycles. The Morgan fingerprint density at radius 1 is 1.00 bits per heavy atom. The normalized spacial score (nSPS) is 15.4. The highest BCUT2D eigenvalue weighted by Crippen LogP contribution is 2.27. The van der Waals surface area contributed by atoms with Crippen molar-refractivity contribution < 1.29 is 14.2 Å². The van der Waals surface area contributed by atoms with Crippen LogP contribution in [0, 0.1) is 6.92 Å². The van der Waals surface area contributed by atoms with E-state index in [4.69, 9.17) is 14.2 Å². The molecule has 1 aliphatic rings. The largest absolute Gasteiger partial charge is 0.489 e. The zero-order valence-electron chi connectivity index (χ0n) is 11.5. The monoisotopic (exact) mass is 270 g/mol. The van der Waals surface area contributed by atoms with Crippen LogP contribution in [0.5, 0.6) is 5.75 Å². The molecule has 0 spiro atoms. The lowest BCUT2D eigenvalue weighted by Crippen LogP contribution is -2.06. The summed E-state index contributed by atoms with van der Waals surface area (Å²) in [6.45, 7) is 3.87. The van der Waals surface area contributed by atoms with Crippen LogP contribution in [0.25, 0.3) is 0 Å². The highest BCUT2D eigenvalue weighted by atomic mass is 16.7. The van der Waals surface area contributed by atoms with Crippen LogP contribution in [0.2, 0.25) is 0 Å². The van der Waals surface area contributed by atoms with E-state index in [1.807, 2.05) is 49.4 Å². The van der Waals surface area contributed by atoms with Gasteiger partial charge in [-0.3, -0.25) is 0 Å². The van der Waals surface area contributed by atoms with Crippen molar-refractivity contribution in [2.75, 3.05) is 13.2 Å². The van der Waals surface area contributed by atoms with E-state index in [0.29, 0.717) is 19.8 Å². The Kier molecular flexibility index (Phi) is 4.00. The predicted molar refractivity (Wildman–Crippen MR) is 76.6 cm³/mol. The van der Waals surface area contributed by atoms with Crippen LogP contribution in [0.1, 0.15) is 23.0 Å². The van der Waals surface area contributed by atoms with E-state index >= 15 is 0 Å². The minimum atomic E-state index is -0.258. The van der Waals surface area contributed by atoms with Crippen LogP contribution in [0.4, 0.5) is 0 Å². The molecule has 0 aliphatic carbocycles. The third-order valence-corrected chi connectivity index (χ3v) is 3.41. The molecule has 0 radical (unpaired) electrons. The summed E-state index contributed by atoms with van der Waals surface area (Å²) < 4.78 is 17.1. The average Bonchev–Trinajstić information content (AvgIpc) is 3.01. The van der Waals surface area contributed by atoms with Gasteiger partial charge in [0, 0.05) is 5.56 Å². The summed E-state index contributed by atoms with van der Waals surface area (Å²) in [5.74, 6) is 0.913. The Balaban J connectivity index is 1.76. The molecule has 0 saturated carbocycles. The number of para-hydroxylation sites is 1. The fourth-order valence-corrected chi connectivity index (χ4v) is 2.31. The first kappa shape index (κ1) is 13.2. The van der Waals surface area contributed by atoms with Crippen LogP contribution in [0.15, 0.2) is 48.5 Å². The second-order valence-electron chi connectivity index (χ2n) is 4.83. The van der Waals surface area contributed by atoms with Gasteiger partial charge in [-0.2, -0.15) is 0 Å². The number of hydrogen-bond donors (Lipinski definition) is 0. The van der Waals surface area contributed by atoms with Crippen molar-refractivity contribution in [3.63, 3.8) is 0 Å². The molecular formula is C17H18O3. The summed E-state index contributed by atoms with van der Waals surface area (Å²) in [5, 5.41) is 0. The van der Waals surface area contributed by atoms with E-state index < -0.39 is 0 Å². The molecule has 0 unspecified atom stereocenters. The molecule has 1 saturated heterocycles. The van der Waals surface area contributed by atoms with Crippen molar-refractivity contribution in [1.82, 2.24) is 0 Å². The first-order valence-corrected chi connectivity index (χ1v) is 6.84. The Labute approximate surface area is 119 Å². The Morgan fingerprint density at radius 2 is 1.70 bits per heavy atom. The van der Waals surface area contributed by atoms with Gasteiger partial charge in [-0.05, 0) is 24.1 Å². The van der Waals surface area contributed by atoms with Gasteiger partial charge in [0.05, 0.1) is 13.2 Å². The van der Waals surface area contributed by atoms with Crippen LogP contribution >= 0.6 is 0 Å². The molecule has 1 heterocycles. The van der Waals surface area contributed by atoms with Crippen LogP contribution in [-0.2, 0) is 16.1 Å². The summed E-state index contributed by atoms with van der Waals surface area (Å²) >= 11 is 0. The predicted octanol–water partition coefficient (Wildman–Crippen LogP) is 3.62. The molecule has 0 aromatic heterocycles. The summed E-state index contributed by atoms with van der Waals surface area (Å²) in [7, 11) is 0. The van der Waals surface area contributed by atoms with Crippen LogP contribution in [0.3, 0.4) is 0 Å². The van der Waals surface area contributed by atoms with E-state index in [1.54, 1.807) is 0 Å². The van der Waals surface area contributed by atoms with E-state index in [9.17, 15) is 0 Å². The Morgan fingerprint density at radius 3 is 2.50 bits per heavy atom. The summed E-state index contributed by atoms with van der Waals surface area (Å²) in [6.07, 6.45) is -0.258. The smallest absolute Gasteiger partial charge is 0.184 e. The first-order valence-electron chi connectivity index (χ1n) is 6.84. The van der Waals surface area contributed by atoms with Crippen molar-refractivity contribution in [2.24, 2.45) is 0 Å². The number of benzene rings is 2. The van der Waals surface area contributed by atoms with Crippen LogP contribution in [-0.4, -0.2) is 13.2 Å². The molecule has 3 heteroatoms. The number of hydrogen-bond acceptors (Lipinski definition) is 3. The van der Waals surface area contributed by atoms with Crippen molar-refractivity contribution in [3.05, 3.63) is 65.2 Å². The topological polar surface area (TPSA) is 27.7 Å². The Bertz CT molecular complexity index is 574. The molecule has 0 atom stereocenters. The minimum absolute atomic E-state index is 0.258. The summed E-state index contributed by atoms with van der Waals surface area (Å²) in [5.41, 5.74) is 3.29. The van der Waals surface area contributed by atoms with Gasteiger partial charge in [-0.15, -0.1) is 0 Å². The number of aryl methyl sites for hydroxylation is 1. The molecule has 104 valence electrons. The number of ether oxygens (including phenoxy) is 3. The van der Waals surface area contributed by atoms with Gasteiger partial charge < -0.3 is 14.2 Å². The zero-order chi connectivity index (χ0) is 13.8. The van der Waals surface area contributed by atoms with Gasteiger partial charge in [0.15, 0.2) is 6.29 Å². The van der Waals surface area contributed by atoms with Crippen LogP contribution < -0.4 is 4.74 Å². The molecule has 20 heavy (non-hydrogen) atoms. The standard InChI is InChI=1S/C17H18O3/c1-13-6-2-5-9-16(13)20-12-14-7-3-4-8-15(14)17-18-10-11-19-17/h2-9,17H,10-12H2,1H3. The fraction of sp³-hybridized carbons (Fsp3) is 0.294. The molecule has 0 amide bonds. The second kappa shape index (κ2) is 6.07. The molecule has 3 rings (SSSR count). The molecule has 1 aliphatic heterocycles. The van der Waals surface area contributed by atoms with E-state index in [0.717, 1.165) is 22.4 Å². The van der Waals surface area contributed by atoms with Crippen molar-refractivity contribution in [1.29, 1.82) is 0 Å². The van der Waals surface area contributed by atoms with Crippen molar-refractivity contribution in [2.45, 2.75) is 19.8 Å². The molecule has 3 nitrogen and oxygen atoms in total. The Hall–Kier alpha value is -1.84. The molecule has 0 N–H and O–H groups in total. The average molecular weight is 270 g/mol. The maximum atomic E-state index is 5.91. The van der Waals surface area contributed by atoms with Crippen molar-refractivity contribution >= 4 is 0 Å². The second-order valence-corrected chi connectivity index (χ2v) is 4.83.